The van der Waals surface area contributed by atoms with Gasteiger partial charge in [-0.25, -0.2) is 13.1 Å². The van der Waals surface area contributed by atoms with E-state index in [2.05, 4.69) is 4.72 Å². The average molecular weight is 363 g/mol. The van der Waals surface area contributed by atoms with Crippen molar-refractivity contribution in [2.75, 3.05) is 19.8 Å². The molecule has 0 aliphatic carbocycles. The summed E-state index contributed by atoms with van der Waals surface area (Å²) < 4.78 is 38.4. The van der Waals surface area contributed by atoms with Gasteiger partial charge < -0.3 is 9.47 Å². The fraction of sp³-hybridized carbons (Fsp3) is 0.368. The van der Waals surface area contributed by atoms with E-state index in [0.29, 0.717) is 17.3 Å². The molecule has 0 fully saturated rings. The fourth-order valence-electron chi connectivity index (χ4n) is 2.44. The smallest absolute Gasteiger partial charge is 0.240 e. The molecule has 136 valence electrons. The van der Waals surface area contributed by atoms with E-state index >= 15 is 0 Å². The number of ether oxygens (including phenoxy) is 2. The molecule has 0 unspecified atom stereocenters. The van der Waals surface area contributed by atoms with Gasteiger partial charge in [-0.05, 0) is 74.7 Å². The SMILES string of the molecule is CCOc1ccc(OCCNS(=O)(=O)c2cc(C)c(C)cc2C)cc1. The first kappa shape index (κ1) is 19.3. The molecule has 0 bridgehead atoms. The summed E-state index contributed by atoms with van der Waals surface area (Å²) in [6.07, 6.45) is 0. The Hall–Kier alpha value is -2.05. The summed E-state index contributed by atoms with van der Waals surface area (Å²) in [5.74, 6) is 1.45. The summed E-state index contributed by atoms with van der Waals surface area (Å²) in [4.78, 5) is 0.316. The molecule has 0 saturated heterocycles. The minimum absolute atomic E-state index is 0.196. The Bertz CT molecular complexity index is 814. The van der Waals surface area contributed by atoms with Crippen molar-refractivity contribution >= 4 is 10.0 Å². The first-order valence-electron chi connectivity index (χ1n) is 8.26. The van der Waals surface area contributed by atoms with Crippen molar-refractivity contribution in [3.8, 4) is 11.5 Å². The van der Waals surface area contributed by atoms with Crippen LogP contribution >= 0.6 is 0 Å². The van der Waals surface area contributed by atoms with Crippen molar-refractivity contribution in [3.05, 3.63) is 53.1 Å². The Labute approximate surface area is 150 Å². The van der Waals surface area contributed by atoms with E-state index in [0.717, 1.165) is 22.4 Å². The zero-order chi connectivity index (χ0) is 18.4. The first-order chi connectivity index (χ1) is 11.8. The molecule has 2 aromatic carbocycles. The van der Waals surface area contributed by atoms with Crippen molar-refractivity contribution in [2.24, 2.45) is 0 Å². The molecule has 0 aliphatic rings. The van der Waals surface area contributed by atoms with Crippen LogP contribution in [-0.2, 0) is 10.0 Å². The van der Waals surface area contributed by atoms with Crippen LogP contribution in [0.3, 0.4) is 0 Å². The number of aryl methyl sites for hydroxylation is 3. The Morgan fingerprint density at radius 3 is 2.04 bits per heavy atom. The van der Waals surface area contributed by atoms with Crippen molar-refractivity contribution in [3.63, 3.8) is 0 Å². The third-order valence-electron chi connectivity index (χ3n) is 3.88. The van der Waals surface area contributed by atoms with Crippen LogP contribution in [0.2, 0.25) is 0 Å². The summed E-state index contributed by atoms with van der Waals surface area (Å²) in [7, 11) is -3.55. The van der Waals surface area contributed by atoms with Crippen molar-refractivity contribution in [1.82, 2.24) is 4.72 Å². The molecule has 2 aromatic rings. The maximum Gasteiger partial charge on any atom is 0.240 e. The summed E-state index contributed by atoms with van der Waals surface area (Å²) >= 11 is 0. The van der Waals surface area contributed by atoms with Gasteiger partial charge in [0, 0.05) is 6.54 Å². The van der Waals surface area contributed by atoms with E-state index in [9.17, 15) is 8.42 Å². The monoisotopic (exact) mass is 363 g/mol. The Balaban J connectivity index is 1.91. The number of rotatable bonds is 8. The quantitative estimate of drug-likeness (QED) is 0.731. The predicted molar refractivity (Wildman–Crippen MR) is 98.9 cm³/mol. The third kappa shape index (κ3) is 5.21. The molecule has 0 saturated carbocycles. The average Bonchev–Trinajstić information content (AvgIpc) is 2.56. The molecule has 0 radical (unpaired) electrons. The van der Waals surface area contributed by atoms with Crippen LogP contribution in [0.5, 0.6) is 11.5 Å². The largest absolute Gasteiger partial charge is 0.494 e. The van der Waals surface area contributed by atoms with E-state index in [1.165, 1.54) is 0 Å². The van der Waals surface area contributed by atoms with Crippen molar-refractivity contribution in [1.29, 1.82) is 0 Å². The zero-order valence-electron chi connectivity index (χ0n) is 15.1. The number of nitrogens with one attached hydrogen (secondary N) is 1. The lowest BCUT2D eigenvalue weighted by Crippen LogP contribution is -2.29. The molecule has 6 heteroatoms. The van der Waals surface area contributed by atoms with Gasteiger partial charge in [0.05, 0.1) is 11.5 Å². The molecule has 0 atom stereocenters. The van der Waals surface area contributed by atoms with Crippen LogP contribution in [0.25, 0.3) is 0 Å². The minimum Gasteiger partial charge on any atom is -0.494 e. The molecular weight excluding hydrogens is 338 g/mol. The highest BCUT2D eigenvalue weighted by Gasteiger charge is 2.17. The molecule has 25 heavy (non-hydrogen) atoms. The molecular formula is C19H25NO4S. The van der Waals surface area contributed by atoms with Crippen LogP contribution in [-0.4, -0.2) is 28.2 Å². The molecule has 0 aliphatic heterocycles. The molecule has 0 heterocycles. The van der Waals surface area contributed by atoms with Gasteiger partial charge >= 0.3 is 0 Å². The van der Waals surface area contributed by atoms with E-state index in [-0.39, 0.29) is 13.2 Å². The second kappa shape index (κ2) is 8.36. The summed E-state index contributed by atoms with van der Waals surface area (Å²) in [6.45, 7) is 8.66. The Morgan fingerprint density at radius 1 is 0.880 bits per heavy atom. The van der Waals surface area contributed by atoms with Crippen LogP contribution < -0.4 is 14.2 Å². The minimum atomic E-state index is -3.55. The summed E-state index contributed by atoms with van der Waals surface area (Å²) in [5, 5.41) is 0. The molecule has 0 aromatic heterocycles. The lowest BCUT2D eigenvalue weighted by Gasteiger charge is -2.12. The van der Waals surface area contributed by atoms with Crippen LogP contribution in [0, 0.1) is 20.8 Å². The van der Waals surface area contributed by atoms with Gasteiger partial charge in [-0.1, -0.05) is 6.07 Å². The lowest BCUT2D eigenvalue weighted by atomic mass is 10.1. The fourth-order valence-corrected chi connectivity index (χ4v) is 3.77. The topological polar surface area (TPSA) is 64.6 Å². The van der Waals surface area contributed by atoms with Gasteiger partial charge in [0.15, 0.2) is 0 Å². The third-order valence-corrected chi connectivity index (χ3v) is 5.48. The molecule has 0 amide bonds. The van der Waals surface area contributed by atoms with E-state index in [1.807, 2.05) is 39.0 Å². The van der Waals surface area contributed by atoms with Gasteiger partial charge in [-0.2, -0.15) is 0 Å². The van der Waals surface area contributed by atoms with Gasteiger partial charge in [0.1, 0.15) is 18.1 Å². The second-order valence-corrected chi connectivity index (χ2v) is 7.59. The van der Waals surface area contributed by atoms with E-state index in [1.54, 1.807) is 25.1 Å². The van der Waals surface area contributed by atoms with Crippen molar-refractivity contribution in [2.45, 2.75) is 32.6 Å². The number of benzene rings is 2. The highest BCUT2D eigenvalue weighted by Crippen LogP contribution is 2.20. The maximum atomic E-state index is 12.5. The first-order valence-corrected chi connectivity index (χ1v) is 9.75. The van der Waals surface area contributed by atoms with Crippen LogP contribution in [0.15, 0.2) is 41.3 Å². The Kier molecular flexibility index (Phi) is 6.45. The summed E-state index contributed by atoms with van der Waals surface area (Å²) in [6, 6.07) is 10.8. The number of hydrogen-bond acceptors (Lipinski definition) is 4. The molecule has 0 spiro atoms. The molecule has 2 rings (SSSR count). The predicted octanol–water partition coefficient (Wildman–Crippen LogP) is 3.37. The highest BCUT2D eigenvalue weighted by atomic mass is 32.2. The highest BCUT2D eigenvalue weighted by molar-refractivity contribution is 7.89. The second-order valence-electron chi connectivity index (χ2n) is 5.85. The summed E-state index contributed by atoms with van der Waals surface area (Å²) in [5.41, 5.74) is 2.77. The van der Waals surface area contributed by atoms with Gasteiger partial charge in [0.2, 0.25) is 10.0 Å². The van der Waals surface area contributed by atoms with Gasteiger partial charge in [-0.3, -0.25) is 0 Å². The maximum absolute atomic E-state index is 12.5. The van der Waals surface area contributed by atoms with Crippen molar-refractivity contribution < 1.29 is 17.9 Å². The number of sulfonamides is 1. The zero-order valence-corrected chi connectivity index (χ0v) is 15.9. The van der Waals surface area contributed by atoms with Crippen LogP contribution in [0.4, 0.5) is 0 Å². The van der Waals surface area contributed by atoms with E-state index < -0.39 is 10.0 Å². The number of hydrogen-bond donors (Lipinski definition) is 1. The normalized spacial score (nSPS) is 11.4. The van der Waals surface area contributed by atoms with Crippen LogP contribution in [0.1, 0.15) is 23.6 Å². The van der Waals surface area contributed by atoms with E-state index in [4.69, 9.17) is 9.47 Å². The van der Waals surface area contributed by atoms with Gasteiger partial charge in [0.25, 0.3) is 0 Å². The molecule has 1 N–H and O–H groups in total. The van der Waals surface area contributed by atoms with Gasteiger partial charge in [-0.15, -0.1) is 0 Å². The standard InChI is InChI=1S/C19H25NO4S/c1-5-23-17-6-8-18(9-7-17)24-11-10-20-25(21,22)19-13-15(3)14(2)12-16(19)4/h6-9,12-13,20H,5,10-11H2,1-4H3. The lowest BCUT2D eigenvalue weighted by molar-refractivity contribution is 0.319. The molecule has 5 nitrogen and oxygen atoms in total. The Morgan fingerprint density at radius 2 is 1.44 bits per heavy atom.